The highest BCUT2D eigenvalue weighted by Crippen LogP contribution is 2.46. The molecule has 0 radical (unpaired) electrons. The highest BCUT2D eigenvalue weighted by Gasteiger charge is 2.49. The lowest BCUT2D eigenvalue weighted by Crippen LogP contribution is -2.72. The Morgan fingerprint density at radius 2 is 0.708 bits per heavy atom. The van der Waals surface area contributed by atoms with E-state index in [-0.39, 0.29) is 0 Å². The smallest absolute Gasteiger partial charge is 0.180 e. The Kier molecular flexibility index (Phi) is 7.12. The van der Waals surface area contributed by atoms with E-state index in [0.29, 0.717) is 0 Å². The van der Waals surface area contributed by atoms with Crippen molar-refractivity contribution >= 4 is 72.4 Å². The van der Waals surface area contributed by atoms with Crippen molar-refractivity contribution in [3.63, 3.8) is 0 Å². The number of rotatable bonds is 4. The molecule has 0 bridgehead atoms. The number of para-hydroxylation sites is 2. The maximum atomic E-state index is 2.61. The van der Waals surface area contributed by atoms with Crippen molar-refractivity contribution in [1.82, 2.24) is 9.13 Å². The Morgan fingerprint density at radius 3 is 1.17 bits per heavy atom. The van der Waals surface area contributed by atoms with Gasteiger partial charge in [0.05, 0.1) is 22.1 Å². The van der Waals surface area contributed by atoms with Gasteiger partial charge in [0.25, 0.3) is 0 Å². The minimum absolute atomic E-state index is 0.935. The van der Waals surface area contributed by atoms with Crippen molar-refractivity contribution < 1.29 is 0 Å². The van der Waals surface area contributed by atoms with E-state index in [4.69, 9.17) is 0 Å². The van der Waals surface area contributed by atoms with Gasteiger partial charge in [0.15, 0.2) is 8.07 Å². The number of hydrogen-bond acceptors (Lipinski definition) is 0. The Balaban J connectivity index is 1.04. The van der Waals surface area contributed by atoms with Crippen molar-refractivity contribution in [1.29, 1.82) is 0 Å². The van der Waals surface area contributed by atoms with E-state index >= 15 is 0 Å². The van der Waals surface area contributed by atoms with Gasteiger partial charge in [0.2, 0.25) is 0 Å². The molecule has 302 valence electrons. The number of fused-ring (bicyclic) bond motifs is 17. The van der Waals surface area contributed by atoms with E-state index in [9.17, 15) is 0 Å². The van der Waals surface area contributed by atoms with Crippen LogP contribution in [0.25, 0.3) is 88.4 Å². The van der Waals surface area contributed by atoms with Crippen LogP contribution in [0.3, 0.4) is 0 Å². The molecule has 0 spiro atoms. The quantitative estimate of drug-likeness (QED) is 0.156. The normalized spacial score (nSPS) is 13.8. The van der Waals surface area contributed by atoms with Gasteiger partial charge in [-0.1, -0.05) is 182 Å². The Hall–Kier alpha value is -7.98. The van der Waals surface area contributed by atoms with Crippen LogP contribution >= 0.6 is 0 Å². The van der Waals surface area contributed by atoms with Gasteiger partial charge in [-0.2, -0.15) is 0 Å². The lowest BCUT2D eigenvalue weighted by Gasteiger charge is -2.31. The molecule has 10 aromatic carbocycles. The molecule has 12 aromatic rings. The first-order chi connectivity index (χ1) is 32.3. The zero-order valence-corrected chi connectivity index (χ0v) is 36.6. The highest BCUT2D eigenvalue weighted by atomic mass is 28.3. The number of nitrogens with zero attached hydrogens (tertiary/aromatic N) is 2. The van der Waals surface area contributed by atoms with Gasteiger partial charge in [-0.15, -0.1) is 0 Å². The molecule has 65 heavy (non-hydrogen) atoms. The van der Waals surface area contributed by atoms with Crippen molar-refractivity contribution in [3.8, 4) is 44.8 Å². The second kappa shape index (κ2) is 13.0. The lowest BCUT2D eigenvalue weighted by atomic mass is 10.0. The summed E-state index contributed by atoms with van der Waals surface area (Å²) in [7, 11) is -2.94. The summed E-state index contributed by atoms with van der Waals surface area (Å²) in [5.74, 6) is 0. The molecular formula is C62H40N2Si. The Labute approximate surface area is 377 Å². The summed E-state index contributed by atoms with van der Waals surface area (Å²) in [6, 6.07) is 83.3. The highest BCUT2D eigenvalue weighted by molar-refractivity contribution is 7.22. The molecule has 0 amide bonds. The van der Waals surface area contributed by atoms with Crippen molar-refractivity contribution in [3.05, 3.63) is 241 Å². The standard InChI is InChI=1S/C62H40N2Si/c1-3-17-41(18-4-1)63-57-33-27-43(37-53(57)51-31-29-47-45-21-9-7-15-39(45)35-55(47)61(51)63)65(59-25-13-11-23-49(59)50-24-12-14-26-60(50)65)44-28-34-58-54(38-44)52-32-30-48-46-22-10-8-16-40(46)36-56(48)62(52)64(58)42-19-5-2-6-20-42/h1-34,37-38H,35-36H2. The second-order valence-electron chi connectivity index (χ2n) is 18.3. The Bertz CT molecular complexity index is 3740. The van der Waals surface area contributed by atoms with Gasteiger partial charge in [0.1, 0.15) is 0 Å². The van der Waals surface area contributed by atoms with Crippen LogP contribution in [0.15, 0.2) is 218 Å². The zero-order chi connectivity index (χ0) is 42.4. The van der Waals surface area contributed by atoms with Crippen LogP contribution < -0.4 is 20.7 Å². The van der Waals surface area contributed by atoms with Gasteiger partial charge < -0.3 is 9.13 Å². The van der Waals surface area contributed by atoms with Gasteiger partial charge in [0, 0.05) is 45.8 Å². The summed E-state index contributed by atoms with van der Waals surface area (Å²) < 4.78 is 5.09. The molecule has 0 unspecified atom stereocenters. The second-order valence-corrected chi connectivity index (χ2v) is 22.0. The maximum Gasteiger partial charge on any atom is 0.180 e. The van der Waals surface area contributed by atoms with Gasteiger partial charge >= 0.3 is 0 Å². The molecule has 2 aromatic heterocycles. The molecule has 0 saturated heterocycles. The Morgan fingerprint density at radius 1 is 0.308 bits per heavy atom. The summed E-state index contributed by atoms with van der Waals surface area (Å²) in [6.07, 6.45) is 1.87. The fraction of sp³-hybridized carbons (Fsp3) is 0.0323. The predicted octanol–water partition coefficient (Wildman–Crippen LogP) is 12.4. The largest absolute Gasteiger partial charge is 0.309 e. The van der Waals surface area contributed by atoms with Crippen molar-refractivity contribution in [2.75, 3.05) is 0 Å². The summed E-state index contributed by atoms with van der Waals surface area (Å²) in [5, 5.41) is 11.0. The molecular weight excluding hydrogens is 801 g/mol. The molecule has 2 nitrogen and oxygen atoms in total. The molecule has 1 aliphatic heterocycles. The van der Waals surface area contributed by atoms with Gasteiger partial charge in [-0.05, 0) is 113 Å². The topological polar surface area (TPSA) is 9.86 Å². The van der Waals surface area contributed by atoms with E-state index in [1.165, 1.54) is 131 Å². The average Bonchev–Trinajstić information content (AvgIpc) is 4.17. The summed E-state index contributed by atoms with van der Waals surface area (Å²) in [4.78, 5) is 0. The van der Waals surface area contributed by atoms with E-state index < -0.39 is 8.07 Å². The van der Waals surface area contributed by atoms with Crippen LogP contribution in [0.1, 0.15) is 22.3 Å². The number of aromatic nitrogens is 2. The van der Waals surface area contributed by atoms with E-state index in [1.54, 1.807) is 0 Å². The van der Waals surface area contributed by atoms with Crippen LogP contribution in [-0.2, 0) is 12.8 Å². The fourth-order valence-electron chi connectivity index (χ4n) is 12.7. The summed E-state index contributed by atoms with van der Waals surface area (Å²) in [6.45, 7) is 0. The maximum absolute atomic E-state index is 2.94. The van der Waals surface area contributed by atoms with Gasteiger partial charge in [-0.25, -0.2) is 0 Å². The molecule has 0 N–H and O–H groups in total. The molecule has 0 atom stereocenters. The third kappa shape index (κ3) is 4.62. The molecule has 3 aliphatic rings. The van der Waals surface area contributed by atoms with Crippen LogP contribution in [0.5, 0.6) is 0 Å². The van der Waals surface area contributed by atoms with Crippen LogP contribution in [-0.4, -0.2) is 17.2 Å². The zero-order valence-electron chi connectivity index (χ0n) is 35.6. The third-order valence-corrected chi connectivity index (χ3v) is 20.1. The molecule has 3 heterocycles. The first-order valence-corrected chi connectivity index (χ1v) is 24.9. The SMILES string of the molecule is c1ccc(-n2c3ccc([Si]4(c5ccc6c(c5)c5ccc7c(c5n6-c5ccccc5)Cc5ccccc5-7)c5ccccc5-c5ccccc54)cc3c3ccc4c(c32)Cc2ccccc2-4)cc1. The predicted molar refractivity (Wildman–Crippen MR) is 274 cm³/mol. The van der Waals surface area contributed by atoms with Crippen LogP contribution in [0.2, 0.25) is 0 Å². The van der Waals surface area contributed by atoms with Gasteiger partial charge in [-0.3, -0.25) is 0 Å². The van der Waals surface area contributed by atoms with E-state index in [0.717, 1.165) is 12.8 Å². The first kappa shape index (κ1) is 35.5. The van der Waals surface area contributed by atoms with Crippen molar-refractivity contribution in [2.24, 2.45) is 0 Å². The average molecular weight is 841 g/mol. The molecule has 0 fully saturated rings. The number of benzene rings is 10. The summed E-state index contributed by atoms with van der Waals surface area (Å²) in [5.41, 5.74) is 21.4. The molecule has 15 rings (SSSR count). The minimum Gasteiger partial charge on any atom is -0.309 e. The molecule has 3 heteroatoms. The lowest BCUT2D eigenvalue weighted by molar-refractivity contribution is 1.15. The monoisotopic (exact) mass is 840 g/mol. The minimum atomic E-state index is -2.94. The van der Waals surface area contributed by atoms with E-state index in [2.05, 4.69) is 228 Å². The van der Waals surface area contributed by atoms with E-state index in [1.807, 2.05) is 0 Å². The third-order valence-electron chi connectivity index (χ3n) is 15.3. The van der Waals surface area contributed by atoms with Crippen molar-refractivity contribution in [2.45, 2.75) is 12.8 Å². The molecule has 0 saturated carbocycles. The van der Waals surface area contributed by atoms with Crippen LogP contribution in [0, 0.1) is 0 Å². The van der Waals surface area contributed by atoms with Crippen LogP contribution in [0.4, 0.5) is 0 Å². The fourth-order valence-corrected chi connectivity index (χ4v) is 17.8. The molecule has 2 aliphatic carbocycles. The summed E-state index contributed by atoms with van der Waals surface area (Å²) >= 11 is 0. The number of hydrogen-bond donors (Lipinski definition) is 0. The first-order valence-electron chi connectivity index (χ1n) is 22.9.